The number of anilines is 2. The van der Waals surface area contributed by atoms with Crippen LogP contribution in [0.3, 0.4) is 0 Å². The van der Waals surface area contributed by atoms with Crippen molar-refractivity contribution in [1.82, 2.24) is 9.80 Å². The zero-order chi connectivity index (χ0) is 25.4. The zero-order valence-electron chi connectivity index (χ0n) is 20.7. The number of amidine groups is 1. The van der Waals surface area contributed by atoms with Crippen molar-refractivity contribution in [1.29, 1.82) is 0 Å². The lowest BCUT2D eigenvalue weighted by Gasteiger charge is -2.41. The van der Waals surface area contributed by atoms with Gasteiger partial charge in [0, 0.05) is 29.4 Å². The van der Waals surface area contributed by atoms with Crippen molar-refractivity contribution in [3.05, 3.63) is 95.6 Å². The maximum Gasteiger partial charge on any atom is 0.251 e. The number of amides is 2. The van der Waals surface area contributed by atoms with Crippen molar-refractivity contribution < 1.29 is 9.59 Å². The van der Waals surface area contributed by atoms with Gasteiger partial charge in [-0.15, -0.1) is 0 Å². The molecular formula is C29H27N5O2S. The van der Waals surface area contributed by atoms with E-state index in [-0.39, 0.29) is 17.7 Å². The zero-order valence-corrected chi connectivity index (χ0v) is 21.5. The molecule has 2 amide bonds. The summed E-state index contributed by atoms with van der Waals surface area (Å²) in [6, 6.07) is 26.2. The molecular weight excluding hydrogens is 482 g/mol. The number of hydrogen-bond donors (Lipinski definition) is 1. The van der Waals surface area contributed by atoms with E-state index >= 15 is 0 Å². The van der Waals surface area contributed by atoms with Crippen LogP contribution in [0.25, 0.3) is 0 Å². The molecule has 0 radical (unpaired) electrons. The van der Waals surface area contributed by atoms with Crippen LogP contribution in [0.4, 0.5) is 11.4 Å². The number of carbonyl (C=O) groups is 2. The van der Waals surface area contributed by atoms with Crippen molar-refractivity contribution in [2.75, 3.05) is 37.1 Å². The summed E-state index contributed by atoms with van der Waals surface area (Å²) in [7, 11) is 1.97. The summed E-state index contributed by atoms with van der Waals surface area (Å²) in [5.74, 6) is -0.406. The Balaban J connectivity index is 1.41. The van der Waals surface area contributed by atoms with Gasteiger partial charge in [0.1, 0.15) is 18.1 Å². The smallest absolute Gasteiger partial charge is 0.251 e. The predicted molar refractivity (Wildman–Crippen MR) is 147 cm³/mol. The quantitative estimate of drug-likeness (QED) is 0.566. The second-order valence-electron chi connectivity index (χ2n) is 10.2. The second-order valence-corrected chi connectivity index (χ2v) is 11.4. The number of para-hydroxylation sites is 2. The summed E-state index contributed by atoms with van der Waals surface area (Å²) in [5.41, 5.74) is 3.72. The van der Waals surface area contributed by atoms with Crippen LogP contribution in [0, 0.1) is 6.92 Å². The largest absolute Gasteiger partial charge is 0.334 e. The topological polar surface area (TPSA) is 68.2 Å². The van der Waals surface area contributed by atoms with E-state index in [0.717, 1.165) is 28.1 Å². The maximum absolute atomic E-state index is 14.8. The monoisotopic (exact) mass is 509 g/mol. The predicted octanol–water partition coefficient (Wildman–Crippen LogP) is 3.98. The number of likely N-dealkylation sites (tertiary alicyclic amines) is 1. The van der Waals surface area contributed by atoms with E-state index in [1.807, 2.05) is 61.6 Å². The first-order chi connectivity index (χ1) is 18.0. The first kappa shape index (κ1) is 22.6. The van der Waals surface area contributed by atoms with Gasteiger partial charge in [0.15, 0.2) is 10.7 Å². The summed E-state index contributed by atoms with van der Waals surface area (Å²) in [6.07, 6.45) is 0. The molecule has 37 heavy (non-hydrogen) atoms. The number of nitrogens with one attached hydrogen (secondary N) is 1. The lowest BCUT2D eigenvalue weighted by atomic mass is 9.72. The van der Waals surface area contributed by atoms with Crippen molar-refractivity contribution >= 4 is 40.1 Å². The molecule has 186 valence electrons. The number of carbonyl (C=O) groups excluding carboxylic acids is 2. The number of likely N-dealkylation sites (N-methyl/N-ethyl adjacent to an activating group) is 1. The van der Waals surface area contributed by atoms with Gasteiger partial charge >= 0.3 is 0 Å². The van der Waals surface area contributed by atoms with Gasteiger partial charge in [-0.3, -0.25) is 19.4 Å². The number of rotatable bonds is 2. The Hall–Kier alpha value is -3.62. The third kappa shape index (κ3) is 2.85. The number of benzene rings is 3. The molecule has 0 bridgehead atoms. The average Bonchev–Trinajstić information content (AvgIpc) is 3.49. The number of aryl methyl sites for hydroxylation is 1. The SMILES string of the molecule is Cc1ccc(C2CN(C)C3(C(=O)Nc4ccccc43)C23SC2=NCN(c4ccccc4)CN2C3=O)cc1. The molecule has 2 saturated heterocycles. The number of thioether (sulfide) groups is 1. The van der Waals surface area contributed by atoms with Gasteiger partial charge in [0.2, 0.25) is 5.91 Å². The summed E-state index contributed by atoms with van der Waals surface area (Å²) in [6.45, 7) is 3.51. The van der Waals surface area contributed by atoms with Gasteiger partial charge in [-0.25, -0.2) is 4.99 Å². The molecule has 7 rings (SSSR count). The standard InChI is InChI=1S/C29H27N5O2S/c1-19-12-14-20(15-13-19)23-16-32(2)28(22-10-6-7-11-24(22)31-25(28)35)29(23)26(36)34-18-33(17-30-27(34)37-29)21-8-4-3-5-9-21/h3-15,23H,16-18H2,1-2H3,(H,31,35). The van der Waals surface area contributed by atoms with Crippen LogP contribution in [0.1, 0.15) is 22.6 Å². The Morgan fingerprint density at radius 1 is 0.973 bits per heavy atom. The second kappa shape index (κ2) is 7.94. The van der Waals surface area contributed by atoms with E-state index < -0.39 is 10.3 Å². The fourth-order valence-electron chi connectivity index (χ4n) is 6.59. The Labute approximate surface area is 220 Å². The number of fused-ring (bicyclic) bond motifs is 4. The lowest BCUT2D eigenvalue weighted by molar-refractivity contribution is -0.138. The molecule has 4 heterocycles. The number of aliphatic imine (C=N–C) groups is 1. The molecule has 3 atom stereocenters. The highest BCUT2D eigenvalue weighted by Gasteiger charge is 2.78. The van der Waals surface area contributed by atoms with Gasteiger partial charge in [0.05, 0.1) is 0 Å². The molecule has 0 aromatic heterocycles. The first-order valence-corrected chi connectivity index (χ1v) is 13.3. The fourth-order valence-corrected chi connectivity index (χ4v) is 8.31. The van der Waals surface area contributed by atoms with Crippen LogP contribution in [0.5, 0.6) is 0 Å². The summed E-state index contributed by atoms with van der Waals surface area (Å²) >= 11 is 1.48. The van der Waals surface area contributed by atoms with Gasteiger partial charge in [-0.1, -0.05) is 78.0 Å². The molecule has 1 N–H and O–H groups in total. The molecule has 0 saturated carbocycles. The van der Waals surface area contributed by atoms with E-state index in [0.29, 0.717) is 25.0 Å². The van der Waals surface area contributed by atoms with Crippen LogP contribution in [-0.2, 0) is 15.1 Å². The van der Waals surface area contributed by atoms with E-state index in [9.17, 15) is 9.59 Å². The third-order valence-electron chi connectivity index (χ3n) is 8.29. The molecule has 2 fully saturated rings. The molecule has 2 spiro atoms. The average molecular weight is 510 g/mol. The molecule has 7 nitrogen and oxygen atoms in total. The van der Waals surface area contributed by atoms with Crippen LogP contribution >= 0.6 is 11.8 Å². The highest BCUT2D eigenvalue weighted by atomic mass is 32.2. The Morgan fingerprint density at radius 2 is 1.70 bits per heavy atom. The highest BCUT2D eigenvalue weighted by Crippen LogP contribution is 2.65. The van der Waals surface area contributed by atoms with Crippen molar-refractivity contribution in [3.63, 3.8) is 0 Å². The van der Waals surface area contributed by atoms with Crippen LogP contribution in [0.2, 0.25) is 0 Å². The molecule has 4 aliphatic rings. The Bertz CT molecular complexity index is 1460. The van der Waals surface area contributed by atoms with Gasteiger partial charge in [-0.05, 0) is 37.7 Å². The molecule has 0 aliphatic carbocycles. The van der Waals surface area contributed by atoms with Gasteiger partial charge < -0.3 is 10.2 Å². The van der Waals surface area contributed by atoms with E-state index in [4.69, 9.17) is 4.99 Å². The maximum atomic E-state index is 14.8. The Morgan fingerprint density at radius 3 is 2.49 bits per heavy atom. The lowest BCUT2D eigenvalue weighted by Crippen LogP contribution is -2.62. The minimum atomic E-state index is -1.15. The molecule has 3 unspecified atom stereocenters. The Kier molecular flexibility index (Phi) is 4.84. The number of nitrogens with zero attached hydrogens (tertiary/aromatic N) is 4. The van der Waals surface area contributed by atoms with E-state index in [1.54, 1.807) is 4.90 Å². The van der Waals surface area contributed by atoms with E-state index in [1.165, 1.54) is 11.8 Å². The van der Waals surface area contributed by atoms with Crippen LogP contribution < -0.4 is 10.2 Å². The van der Waals surface area contributed by atoms with Gasteiger partial charge in [0.25, 0.3) is 5.91 Å². The van der Waals surface area contributed by atoms with Crippen LogP contribution in [-0.4, -0.2) is 58.5 Å². The summed E-state index contributed by atoms with van der Waals surface area (Å²) < 4.78 is -1.10. The molecule has 4 aliphatic heterocycles. The molecule has 3 aromatic carbocycles. The molecule has 8 heteroatoms. The minimum Gasteiger partial charge on any atom is -0.334 e. The third-order valence-corrected chi connectivity index (χ3v) is 9.90. The number of hydrogen-bond acceptors (Lipinski definition) is 6. The summed E-state index contributed by atoms with van der Waals surface area (Å²) in [4.78, 5) is 39.8. The van der Waals surface area contributed by atoms with Crippen molar-refractivity contribution in [3.8, 4) is 0 Å². The minimum absolute atomic E-state index is 0.0568. The van der Waals surface area contributed by atoms with Crippen molar-refractivity contribution in [2.24, 2.45) is 4.99 Å². The summed E-state index contributed by atoms with van der Waals surface area (Å²) in [5, 5.41) is 3.81. The highest BCUT2D eigenvalue weighted by molar-refractivity contribution is 8.16. The van der Waals surface area contributed by atoms with Crippen LogP contribution in [0.15, 0.2) is 83.9 Å². The van der Waals surface area contributed by atoms with Gasteiger partial charge in [-0.2, -0.15) is 0 Å². The fraction of sp³-hybridized carbons (Fsp3) is 0.276. The van der Waals surface area contributed by atoms with Crippen molar-refractivity contribution in [2.45, 2.75) is 23.1 Å². The van der Waals surface area contributed by atoms with E-state index in [2.05, 4.69) is 46.3 Å². The molecule has 3 aromatic rings. The normalized spacial score (nSPS) is 28.6. The first-order valence-electron chi connectivity index (χ1n) is 12.5.